The Morgan fingerprint density at radius 1 is 1.14 bits per heavy atom. The summed E-state index contributed by atoms with van der Waals surface area (Å²) in [5.41, 5.74) is 1.38. The predicted octanol–water partition coefficient (Wildman–Crippen LogP) is 2.70. The van der Waals surface area contributed by atoms with Crippen LogP contribution in [0.2, 0.25) is 0 Å². The van der Waals surface area contributed by atoms with E-state index in [-0.39, 0.29) is 30.9 Å². The summed E-state index contributed by atoms with van der Waals surface area (Å²) in [6.07, 6.45) is 8.24. The van der Waals surface area contributed by atoms with Gasteiger partial charge in [-0.15, -0.1) is 0 Å². The average molecular weight is 509 g/mol. The highest BCUT2D eigenvalue weighted by Gasteiger charge is 2.72. The molecule has 0 saturated carbocycles. The molecule has 1 aromatic carbocycles. The van der Waals surface area contributed by atoms with E-state index in [9.17, 15) is 19.5 Å². The van der Waals surface area contributed by atoms with Crippen LogP contribution in [-0.4, -0.2) is 71.3 Å². The third-order valence-electron chi connectivity index (χ3n) is 8.26. The summed E-state index contributed by atoms with van der Waals surface area (Å²) in [4.78, 5) is 45.3. The Morgan fingerprint density at radius 2 is 1.92 bits per heavy atom. The molecule has 2 fully saturated rings. The number of ether oxygens (including phenoxy) is 2. The molecule has 37 heavy (non-hydrogen) atoms. The molecule has 2 amide bonds. The first-order valence-electron chi connectivity index (χ1n) is 13.2. The second kappa shape index (κ2) is 9.72. The van der Waals surface area contributed by atoms with Crippen molar-refractivity contribution in [3.63, 3.8) is 0 Å². The minimum atomic E-state index is -1.35. The third-order valence-corrected chi connectivity index (χ3v) is 8.26. The smallest absolute Gasteiger partial charge is 0.312 e. The van der Waals surface area contributed by atoms with Crippen LogP contribution in [0.3, 0.4) is 0 Å². The zero-order chi connectivity index (χ0) is 26.5. The highest BCUT2D eigenvalue weighted by molar-refractivity contribution is 6.06. The van der Waals surface area contributed by atoms with Gasteiger partial charge >= 0.3 is 5.97 Å². The van der Waals surface area contributed by atoms with Gasteiger partial charge in [-0.25, -0.2) is 0 Å². The van der Waals surface area contributed by atoms with Gasteiger partial charge < -0.3 is 24.4 Å². The molecule has 8 nitrogen and oxygen atoms in total. The van der Waals surface area contributed by atoms with Crippen LogP contribution in [-0.2, 0) is 23.9 Å². The van der Waals surface area contributed by atoms with E-state index in [1.54, 1.807) is 4.90 Å². The number of cyclic esters (lactones) is 1. The van der Waals surface area contributed by atoms with Crippen molar-refractivity contribution in [3.8, 4) is 0 Å². The van der Waals surface area contributed by atoms with Crippen LogP contribution in [0.15, 0.2) is 42.5 Å². The largest absolute Gasteiger partial charge is 0.465 e. The molecule has 6 atom stereocenters. The Balaban J connectivity index is 1.67. The lowest BCUT2D eigenvalue weighted by atomic mass is 9.78. The number of hydrogen-bond acceptors (Lipinski definition) is 6. The van der Waals surface area contributed by atoms with Gasteiger partial charge in [0.25, 0.3) is 5.91 Å². The molecule has 2 saturated heterocycles. The van der Waals surface area contributed by atoms with Crippen LogP contribution < -0.4 is 4.90 Å². The molecular formula is C29H36N2O6. The standard InChI is InChI=1S/C29H36N2O6/c1-17(2)21(16-32)31-25-27(34)30(20-15-18(3)10-11-19(20)4)13-8-12-29(25)24(26(31)33)23-22(37-29)9-6-5-7-14-36-28(23)35/h6,8-12,15,17,21-25,32H,5,7,13-14,16H2,1-4H3/b9-6-/t21-,22+,23-,24-,25?,29-/m0/s1. The van der Waals surface area contributed by atoms with Gasteiger partial charge in [-0.05, 0) is 49.8 Å². The maximum Gasteiger partial charge on any atom is 0.312 e. The van der Waals surface area contributed by atoms with Gasteiger partial charge in [0.1, 0.15) is 17.6 Å². The fourth-order valence-electron chi connectivity index (χ4n) is 6.40. The first kappa shape index (κ1) is 25.7. The number of benzene rings is 1. The van der Waals surface area contributed by atoms with Crippen molar-refractivity contribution in [3.05, 3.63) is 53.6 Å². The number of hydrogen-bond donors (Lipinski definition) is 1. The molecular weight excluding hydrogens is 472 g/mol. The van der Waals surface area contributed by atoms with Gasteiger partial charge in [0.05, 0.1) is 31.3 Å². The number of likely N-dealkylation sites (tertiary alicyclic amines) is 1. The van der Waals surface area contributed by atoms with E-state index in [4.69, 9.17) is 9.47 Å². The SMILES string of the molecule is Cc1ccc(C)c(N2CC=C[C@]34O[C@@H]5/C=C\CCCOC(=O)[C@@H]5[C@H]3C(=O)N([C@@H](CO)C(C)C)C4C2=O)c1. The van der Waals surface area contributed by atoms with Gasteiger partial charge in [-0.1, -0.05) is 50.3 Å². The minimum Gasteiger partial charge on any atom is -0.465 e. The maximum atomic E-state index is 14.5. The van der Waals surface area contributed by atoms with Crippen molar-refractivity contribution in [1.29, 1.82) is 0 Å². The molecule has 198 valence electrons. The van der Waals surface area contributed by atoms with Gasteiger partial charge in [0.2, 0.25) is 5.91 Å². The van der Waals surface area contributed by atoms with Gasteiger partial charge in [0.15, 0.2) is 0 Å². The van der Waals surface area contributed by atoms with Gasteiger partial charge in [-0.2, -0.15) is 0 Å². The second-order valence-corrected chi connectivity index (χ2v) is 11.0. The van der Waals surface area contributed by atoms with E-state index in [0.29, 0.717) is 13.0 Å². The topological polar surface area (TPSA) is 96.4 Å². The number of nitrogens with zero attached hydrogens (tertiary/aromatic N) is 2. The molecule has 0 bridgehead atoms. The number of aliphatic hydroxyl groups excluding tert-OH is 1. The number of rotatable bonds is 4. The molecule has 1 N–H and O–H groups in total. The van der Waals surface area contributed by atoms with Crippen LogP contribution in [0.25, 0.3) is 0 Å². The average Bonchev–Trinajstić information content (AvgIpc) is 3.26. The predicted molar refractivity (Wildman–Crippen MR) is 138 cm³/mol. The Kier molecular flexibility index (Phi) is 6.75. The zero-order valence-electron chi connectivity index (χ0n) is 21.9. The molecule has 0 aliphatic carbocycles. The number of esters is 1. The number of carbonyl (C=O) groups excluding carboxylic acids is 3. The van der Waals surface area contributed by atoms with E-state index in [1.807, 2.05) is 70.2 Å². The van der Waals surface area contributed by atoms with Crippen molar-refractivity contribution in [2.24, 2.45) is 17.8 Å². The van der Waals surface area contributed by atoms with Gasteiger partial charge in [-0.3, -0.25) is 14.4 Å². The number of anilines is 1. The monoisotopic (exact) mass is 508 g/mol. The molecule has 4 aliphatic heterocycles. The first-order valence-corrected chi connectivity index (χ1v) is 13.2. The molecule has 1 spiro atoms. The number of aryl methyl sites for hydroxylation is 2. The summed E-state index contributed by atoms with van der Waals surface area (Å²) in [6, 6.07) is 4.31. The van der Waals surface area contributed by atoms with Crippen molar-refractivity contribution < 1.29 is 29.0 Å². The van der Waals surface area contributed by atoms with E-state index < -0.39 is 41.6 Å². The number of amides is 2. The summed E-state index contributed by atoms with van der Waals surface area (Å²) < 4.78 is 12.2. The molecule has 0 radical (unpaired) electrons. The lowest BCUT2D eigenvalue weighted by molar-refractivity contribution is -0.155. The Labute approximate surface area is 217 Å². The number of aliphatic hydroxyl groups is 1. The summed E-state index contributed by atoms with van der Waals surface area (Å²) in [7, 11) is 0. The number of allylic oxidation sites excluding steroid dienone is 1. The number of carbonyl (C=O) groups is 3. The summed E-state index contributed by atoms with van der Waals surface area (Å²) in [5, 5.41) is 10.4. The highest BCUT2D eigenvalue weighted by atomic mass is 16.6. The van der Waals surface area contributed by atoms with Crippen LogP contribution in [0.4, 0.5) is 5.69 Å². The van der Waals surface area contributed by atoms with Crippen molar-refractivity contribution in [2.75, 3.05) is 24.7 Å². The summed E-state index contributed by atoms with van der Waals surface area (Å²) in [5.74, 6) is -3.03. The van der Waals surface area contributed by atoms with Crippen molar-refractivity contribution in [1.82, 2.24) is 4.90 Å². The lowest BCUT2D eigenvalue weighted by Crippen LogP contribution is -2.59. The molecule has 4 heterocycles. The quantitative estimate of drug-likeness (QED) is 0.496. The van der Waals surface area contributed by atoms with E-state index >= 15 is 0 Å². The molecule has 4 aliphatic rings. The lowest BCUT2D eigenvalue weighted by Gasteiger charge is -2.40. The van der Waals surface area contributed by atoms with Crippen LogP contribution >= 0.6 is 0 Å². The van der Waals surface area contributed by atoms with Gasteiger partial charge in [0, 0.05) is 12.2 Å². The summed E-state index contributed by atoms with van der Waals surface area (Å²) >= 11 is 0. The maximum absolute atomic E-state index is 14.5. The minimum absolute atomic E-state index is 0.123. The van der Waals surface area contributed by atoms with Crippen molar-refractivity contribution in [2.45, 2.75) is 64.3 Å². The molecule has 8 heteroatoms. The fourth-order valence-corrected chi connectivity index (χ4v) is 6.40. The Hall–Kier alpha value is -2.97. The normalized spacial score (nSPS) is 33.2. The highest BCUT2D eigenvalue weighted by Crippen LogP contribution is 2.54. The van der Waals surface area contributed by atoms with E-state index in [0.717, 1.165) is 23.2 Å². The summed E-state index contributed by atoms with van der Waals surface area (Å²) in [6.45, 7) is 8.02. The third kappa shape index (κ3) is 4.01. The fraction of sp³-hybridized carbons (Fsp3) is 0.552. The van der Waals surface area contributed by atoms with Crippen molar-refractivity contribution >= 4 is 23.5 Å². The zero-order valence-corrected chi connectivity index (χ0v) is 21.9. The van der Waals surface area contributed by atoms with E-state index in [1.165, 1.54) is 4.90 Å². The van der Waals surface area contributed by atoms with Crippen LogP contribution in [0, 0.1) is 31.6 Å². The second-order valence-electron chi connectivity index (χ2n) is 11.0. The first-order chi connectivity index (χ1) is 17.7. The van der Waals surface area contributed by atoms with Crippen LogP contribution in [0.1, 0.15) is 37.8 Å². The Morgan fingerprint density at radius 3 is 2.65 bits per heavy atom. The molecule has 1 unspecified atom stereocenters. The Bertz CT molecular complexity index is 1160. The molecule has 0 aromatic heterocycles. The number of fused-ring (bicyclic) bond motifs is 2. The van der Waals surface area contributed by atoms with E-state index in [2.05, 4.69) is 0 Å². The van der Waals surface area contributed by atoms with Crippen LogP contribution in [0.5, 0.6) is 0 Å². The molecule has 1 aromatic rings. The molecule has 5 rings (SSSR count).